The summed E-state index contributed by atoms with van der Waals surface area (Å²) >= 11 is 0. The van der Waals surface area contributed by atoms with Gasteiger partial charge >= 0.3 is 0 Å². The van der Waals surface area contributed by atoms with Crippen LogP contribution in [-0.2, 0) is 0 Å². The number of nitrogen functional groups attached to an aromatic ring is 1. The van der Waals surface area contributed by atoms with E-state index >= 15 is 0 Å². The van der Waals surface area contributed by atoms with E-state index in [1.54, 1.807) is 20.3 Å². The molecule has 17 heavy (non-hydrogen) atoms. The Morgan fingerprint density at radius 3 is 2.53 bits per heavy atom. The molecule has 0 unspecified atom stereocenters. The Bertz CT molecular complexity index is 535. The second kappa shape index (κ2) is 4.37. The molecule has 0 spiro atoms. The minimum absolute atomic E-state index is 0.467. The molecule has 5 heteroatoms. The van der Waals surface area contributed by atoms with Crippen molar-refractivity contribution < 1.29 is 9.47 Å². The van der Waals surface area contributed by atoms with Crippen LogP contribution in [0.15, 0.2) is 18.2 Å². The molecular weight excluding hydrogens is 218 g/mol. The molecule has 0 aliphatic carbocycles. The fourth-order valence-electron chi connectivity index (χ4n) is 1.85. The van der Waals surface area contributed by atoms with E-state index in [1.165, 1.54) is 0 Å². The Balaban J connectivity index is 2.56. The molecule has 90 valence electrons. The van der Waals surface area contributed by atoms with Gasteiger partial charge in [-0.3, -0.25) is 5.10 Å². The number of hydrogen-bond acceptors (Lipinski definition) is 4. The Hall–Kier alpha value is -2.17. The zero-order chi connectivity index (χ0) is 12.4. The number of nitrogens with two attached hydrogens (primary N) is 1. The molecule has 0 aliphatic heterocycles. The summed E-state index contributed by atoms with van der Waals surface area (Å²) in [6.45, 7) is 1.97. The van der Waals surface area contributed by atoms with Gasteiger partial charge in [-0.05, 0) is 19.1 Å². The lowest BCUT2D eigenvalue weighted by Crippen LogP contribution is -1.95. The first kappa shape index (κ1) is 11.3. The van der Waals surface area contributed by atoms with Gasteiger partial charge < -0.3 is 15.2 Å². The minimum atomic E-state index is 0.467. The smallest absolute Gasteiger partial charge is 0.164 e. The van der Waals surface area contributed by atoms with Crippen LogP contribution in [0.1, 0.15) is 5.56 Å². The highest BCUT2D eigenvalue weighted by atomic mass is 16.5. The number of anilines is 1. The zero-order valence-corrected chi connectivity index (χ0v) is 10.1. The molecule has 1 aromatic carbocycles. The Labute approximate surface area is 99.5 Å². The van der Waals surface area contributed by atoms with Crippen molar-refractivity contribution in [2.45, 2.75) is 6.92 Å². The number of hydrogen-bond donors (Lipinski definition) is 2. The van der Waals surface area contributed by atoms with E-state index in [0.29, 0.717) is 11.6 Å². The Kier molecular flexibility index (Phi) is 2.91. The van der Waals surface area contributed by atoms with E-state index in [0.717, 1.165) is 22.6 Å². The highest BCUT2D eigenvalue weighted by molar-refractivity contribution is 5.70. The number of nitrogens with zero attached hydrogens (tertiary/aromatic N) is 1. The van der Waals surface area contributed by atoms with Gasteiger partial charge in [0, 0.05) is 17.2 Å². The summed E-state index contributed by atoms with van der Waals surface area (Å²) in [5, 5.41) is 6.79. The topological polar surface area (TPSA) is 73.2 Å². The van der Waals surface area contributed by atoms with Crippen LogP contribution in [0.4, 0.5) is 5.82 Å². The Morgan fingerprint density at radius 2 is 2.00 bits per heavy atom. The Morgan fingerprint density at radius 1 is 1.24 bits per heavy atom. The second-order valence-corrected chi connectivity index (χ2v) is 3.68. The van der Waals surface area contributed by atoms with E-state index in [9.17, 15) is 0 Å². The molecule has 1 heterocycles. The molecule has 0 fully saturated rings. The highest BCUT2D eigenvalue weighted by Crippen LogP contribution is 2.36. The first-order valence-electron chi connectivity index (χ1n) is 5.20. The molecule has 2 aromatic rings. The number of methoxy groups -OCH3 is 2. The van der Waals surface area contributed by atoms with Gasteiger partial charge in [0.15, 0.2) is 11.5 Å². The van der Waals surface area contributed by atoms with Crippen LogP contribution in [0.25, 0.3) is 11.3 Å². The summed E-state index contributed by atoms with van der Waals surface area (Å²) < 4.78 is 10.6. The monoisotopic (exact) mass is 233 g/mol. The summed E-state index contributed by atoms with van der Waals surface area (Å²) in [7, 11) is 3.24. The molecule has 3 N–H and O–H groups in total. The SMILES string of the molecule is COc1ccc(-c2cc(N)n[nH]2)c(C)c1OC. The van der Waals surface area contributed by atoms with Gasteiger partial charge in [-0.2, -0.15) is 5.10 Å². The lowest BCUT2D eigenvalue weighted by atomic mass is 10.0. The van der Waals surface area contributed by atoms with Gasteiger partial charge in [-0.15, -0.1) is 0 Å². The second-order valence-electron chi connectivity index (χ2n) is 3.68. The van der Waals surface area contributed by atoms with Crippen LogP contribution in [-0.4, -0.2) is 24.4 Å². The van der Waals surface area contributed by atoms with E-state index < -0.39 is 0 Å². The fraction of sp³-hybridized carbons (Fsp3) is 0.250. The maximum Gasteiger partial charge on any atom is 0.164 e. The summed E-state index contributed by atoms with van der Waals surface area (Å²) in [5.74, 6) is 1.90. The maximum absolute atomic E-state index is 5.59. The average Bonchev–Trinajstić information content (AvgIpc) is 2.75. The molecule has 0 radical (unpaired) electrons. The third-order valence-corrected chi connectivity index (χ3v) is 2.68. The van der Waals surface area contributed by atoms with Crippen molar-refractivity contribution >= 4 is 5.82 Å². The van der Waals surface area contributed by atoms with Gasteiger partial charge in [0.05, 0.1) is 19.9 Å². The third-order valence-electron chi connectivity index (χ3n) is 2.68. The van der Waals surface area contributed by atoms with Crippen molar-refractivity contribution in [3.8, 4) is 22.8 Å². The summed E-state index contributed by atoms with van der Waals surface area (Å²) in [6.07, 6.45) is 0. The van der Waals surface area contributed by atoms with Gasteiger partial charge in [-0.1, -0.05) is 0 Å². The summed E-state index contributed by atoms with van der Waals surface area (Å²) in [5.41, 5.74) is 8.43. The molecule has 0 bridgehead atoms. The van der Waals surface area contributed by atoms with E-state index in [4.69, 9.17) is 15.2 Å². The first-order valence-corrected chi connectivity index (χ1v) is 5.20. The van der Waals surface area contributed by atoms with Gasteiger partial charge in [-0.25, -0.2) is 0 Å². The largest absolute Gasteiger partial charge is 0.493 e. The molecule has 2 rings (SSSR count). The number of nitrogens with one attached hydrogen (secondary N) is 1. The van der Waals surface area contributed by atoms with E-state index in [2.05, 4.69) is 10.2 Å². The number of aromatic nitrogens is 2. The zero-order valence-electron chi connectivity index (χ0n) is 10.1. The number of aromatic amines is 1. The predicted octanol–water partition coefficient (Wildman–Crippen LogP) is 1.98. The van der Waals surface area contributed by atoms with E-state index in [1.807, 2.05) is 19.1 Å². The molecular formula is C12H15N3O2. The number of H-pyrrole nitrogens is 1. The molecule has 0 amide bonds. The van der Waals surface area contributed by atoms with Crippen molar-refractivity contribution in [3.63, 3.8) is 0 Å². The van der Waals surface area contributed by atoms with Crippen molar-refractivity contribution in [2.24, 2.45) is 0 Å². The van der Waals surface area contributed by atoms with Crippen molar-refractivity contribution in [2.75, 3.05) is 20.0 Å². The summed E-state index contributed by atoms with van der Waals surface area (Å²) in [4.78, 5) is 0. The van der Waals surface area contributed by atoms with Gasteiger partial charge in [0.1, 0.15) is 5.82 Å². The standard InChI is InChI=1S/C12H15N3O2/c1-7-8(9-6-11(13)15-14-9)4-5-10(16-2)12(7)17-3/h4-6H,1-3H3,(H3,13,14,15). The number of benzene rings is 1. The van der Waals surface area contributed by atoms with Crippen LogP contribution in [0, 0.1) is 6.92 Å². The molecule has 0 atom stereocenters. The minimum Gasteiger partial charge on any atom is -0.493 e. The molecule has 0 aliphatic rings. The molecule has 5 nitrogen and oxygen atoms in total. The normalized spacial score (nSPS) is 10.3. The third kappa shape index (κ3) is 1.91. The van der Waals surface area contributed by atoms with Crippen LogP contribution in [0.2, 0.25) is 0 Å². The molecule has 1 aromatic heterocycles. The molecule has 0 saturated carbocycles. The molecule has 0 saturated heterocycles. The van der Waals surface area contributed by atoms with Crippen molar-refractivity contribution in [1.29, 1.82) is 0 Å². The highest BCUT2D eigenvalue weighted by Gasteiger charge is 2.13. The van der Waals surface area contributed by atoms with Crippen LogP contribution >= 0.6 is 0 Å². The summed E-state index contributed by atoms with van der Waals surface area (Å²) in [6, 6.07) is 5.59. The fourth-order valence-corrected chi connectivity index (χ4v) is 1.85. The number of rotatable bonds is 3. The van der Waals surface area contributed by atoms with Crippen LogP contribution in [0.3, 0.4) is 0 Å². The lowest BCUT2D eigenvalue weighted by Gasteiger charge is -2.13. The maximum atomic E-state index is 5.59. The number of ether oxygens (including phenoxy) is 2. The average molecular weight is 233 g/mol. The first-order chi connectivity index (χ1) is 8.17. The predicted molar refractivity (Wildman–Crippen MR) is 66.3 cm³/mol. The van der Waals surface area contributed by atoms with Crippen LogP contribution < -0.4 is 15.2 Å². The van der Waals surface area contributed by atoms with Crippen LogP contribution in [0.5, 0.6) is 11.5 Å². The van der Waals surface area contributed by atoms with Gasteiger partial charge in [0.25, 0.3) is 0 Å². The van der Waals surface area contributed by atoms with Gasteiger partial charge in [0.2, 0.25) is 0 Å². The van der Waals surface area contributed by atoms with E-state index in [-0.39, 0.29) is 0 Å². The van der Waals surface area contributed by atoms with Crippen molar-refractivity contribution in [3.05, 3.63) is 23.8 Å². The van der Waals surface area contributed by atoms with Crippen molar-refractivity contribution in [1.82, 2.24) is 10.2 Å². The lowest BCUT2D eigenvalue weighted by molar-refractivity contribution is 0.353. The quantitative estimate of drug-likeness (QED) is 0.850.